The van der Waals surface area contributed by atoms with Crippen LogP contribution in [0.1, 0.15) is 11.3 Å². The van der Waals surface area contributed by atoms with Gasteiger partial charge in [0.05, 0.1) is 26.8 Å². The molecule has 0 bridgehead atoms. The molecule has 0 amide bonds. The van der Waals surface area contributed by atoms with E-state index in [-0.39, 0.29) is 30.2 Å². The van der Waals surface area contributed by atoms with Crippen LogP contribution in [0.3, 0.4) is 0 Å². The van der Waals surface area contributed by atoms with Gasteiger partial charge in [0.15, 0.2) is 0 Å². The molecule has 9 nitrogen and oxygen atoms in total. The van der Waals surface area contributed by atoms with Crippen LogP contribution in [0.2, 0.25) is 0 Å². The first-order valence-electron chi connectivity index (χ1n) is 13.8. The molecule has 6 rings (SSSR count). The minimum absolute atomic E-state index is 0.00536. The maximum atomic E-state index is 13.4. The average Bonchev–Trinajstić information content (AvgIpc) is 3.38. The smallest absolute Gasteiger partial charge is 0.301 e. The van der Waals surface area contributed by atoms with E-state index in [0.29, 0.717) is 46.8 Å². The molecule has 3 aromatic carbocycles. The second kappa shape index (κ2) is 11.7. The van der Waals surface area contributed by atoms with Gasteiger partial charge in [-0.25, -0.2) is 17.8 Å². The molecule has 3 heterocycles. The lowest BCUT2D eigenvalue weighted by Crippen LogP contribution is -2.48. The molecule has 0 saturated carbocycles. The molecule has 1 fully saturated rings. The van der Waals surface area contributed by atoms with Gasteiger partial charge in [-0.3, -0.25) is 15.0 Å². The summed E-state index contributed by atoms with van der Waals surface area (Å²) in [4.78, 5) is 17.7. The molecular weight excluding hydrogens is 614 g/mol. The zero-order chi connectivity index (χ0) is 31.9. The Morgan fingerprint density at radius 3 is 2.22 bits per heavy atom. The molecule has 5 aromatic rings. The van der Waals surface area contributed by atoms with E-state index in [1.807, 2.05) is 4.90 Å². The van der Waals surface area contributed by atoms with Crippen LogP contribution < -0.4 is 0 Å². The number of piperazine rings is 1. The van der Waals surface area contributed by atoms with Crippen molar-refractivity contribution in [1.29, 1.82) is 0 Å². The molecule has 232 valence electrons. The first kappa shape index (κ1) is 30.4. The summed E-state index contributed by atoms with van der Waals surface area (Å²) in [5, 5.41) is 11.5. The Hall–Kier alpha value is -4.66. The van der Waals surface area contributed by atoms with Crippen LogP contribution in [0, 0.1) is 15.9 Å². The minimum Gasteiger partial charge on any atom is -0.301 e. The van der Waals surface area contributed by atoms with Crippen molar-refractivity contribution in [3.05, 3.63) is 118 Å². The Morgan fingerprint density at radius 2 is 1.53 bits per heavy atom. The predicted octanol–water partition coefficient (Wildman–Crippen LogP) is 6.24. The van der Waals surface area contributed by atoms with E-state index < -0.39 is 32.5 Å². The lowest BCUT2D eigenvalue weighted by molar-refractivity contribution is -0.384. The maximum Gasteiger partial charge on any atom is 0.416 e. The summed E-state index contributed by atoms with van der Waals surface area (Å²) in [6.45, 7) is 1.29. The van der Waals surface area contributed by atoms with Gasteiger partial charge in [0.2, 0.25) is 10.0 Å². The zero-order valence-electron chi connectivity index (χ0n) is 23.5. The van der Waals surface area contributed by atoms with Gasteiger partial charge in [0.25, 0.3) is 5.69 Å². The third-order valence-corrected chi connectivity index (χ3v) is 9.64. The summed E-state index contributed by atoms with van der Waals surface area (Å²) in [6.07, 6.45) is -2.83. The number of aromatic nitrogens is 2. The fraction of sp³-hybridized carbons (Fsp3) is 0.194. The van der Waals surface area contributed by atoms with Crippen molar-refractivity contribution in [1.82, 2.24) is 18.6 Å². The van der Waals surface area contributed by atoms with Crippen LogP contribution in [0.15, 0.2) is 96.0 Å². The van der Waals surface area contributed by atoms with Gasteiger partial charge in [-0.15, -0.1) is 0 Å². The fourth-order valence-electron chi connectivity index (χ4n) is 5.38. The van der Waals surface area contributed by atoms with Gasteiger partial charge < -0.3 is 4.40 Å². The van der Waals surface area contributed by atoms with Crippen molar-refractivity contribution in [3.63, 3.8) is 0 Å². The molecule has 0 N–H and O–H groups in total. The molecule has 1 aliphatic rings. The highest BCUT2D eigenvalue weighted by Gasteiger charge is 2.31. The topological polar surface area (TPSA) is 101 Å². The summed E-state index contributed by atoms with van der Waals surface area (Å²) < 4.78 is 83.0. The molecule has 1 aliphatic heterocycles. The van der Waals surface area contributed by atoms with E-state index in [1.54, 1.807) is 40.9 Å². The molecule has 14 heteroatoms. The number of halogens is 4. The zero-order valence-corrected chi connectivity index (χ0v) is 24.3. The fourth-order valence-corrected chi connectivity index (χ4v) is 6.81. The second-order valence-electron chi connectivity index (χ2n) is 10.6. The summed E-state index contributed by atoms with van der Waals surface area (Å²) in [5.74, 6) is -0.539. The highest BCUT2D eigenvalue weighted by Crippen LogP contribution is 2.34. The van der Waals surface area contributed by atoms with E-state index in [1.165, 1.54) is 34.6 Å². The van der Waals surface area contributed by atoms with E-state index >= 15 is 0 Å². The first-order valence-corrected chi connectivity index (χ1v) is 15.3. The number of nitro groups is 1. The van der Waals surface area contributed by atoms with Gasteiger partial charge in [-0.2, -0.15) is 17.5 Å². The van der Waals surface area contributed by atoms with Gasteiger partial charge in [-0.05, 0) is 59.7 Å². The van der Waals surface area contributed by atoms with E-state index in [0.717, 1.165) is 24.3 Å². The minimum atomic E-state index is -4.51. The predicted molar refractivity (Wildman–Crippen MR) is 158 cm³/mol. The lowest BCUT2D eigenvalue weighted by Gasteiger charge is -2.34. The number of sulfonamides is 1. The number of nitrogens with zero attached hydrogens (tertiary/aromatic N) is 5. The summed E-state index contributed by atoms with van der Waals surface area (Å²) in [5.41, 5.74) is 2.02. The molecule has 0 atom stereocenters. The van der Waals surface area contributed by atoms with E-state index in [2.05, 4.69) is 0 Å². The normalized spacial score (nSPS) is 15.0. The van der Waals surface area contributed by atoms with E-state index in [4.69, 9.17) is 4.98 Å². The second-order valence-corrected chi connectivity index (χ2v) is 12.5. The average molecular weight is 640 g/mol. The van der Waals surface area contributed by atoms with Crippen molar-refractivity contribution >= 4 is 21.4 Å². The van der Waals surface area contributed by atoms with E-state index in [9.17, 15) is 36.1 Å². The summed E-state index contributed by atoms with van der Waals surface area (Å²) in [7, 11) is -3.83. The summed E-state index contributed by atoms with van der Waals surface area (Å²) >= 11 is 0. The van der Waals surface area contributed by atoms with Crippen molar-refractivity contribution in [2.45, 2.75) is 17.6 Å². The van der Waals surface area contributed by atoms with Gasteiger partial charge in [-0.1, -0.05) is 24.3 Å². The molecule has 45 heavy (non-hydrogen) atoms. The number of alkyl halides is 3. The number of hydrogen-bond acceptors (Lipinski definition) is 6. The Labute approximate surface area is 255 Å². The van der Waals surface area contributed by atoms with Crippen LogP contribution in [0.4, 0.5) is 23.2 Å². The van der Waals surface area contributed by atoms with Gasteiger partial charge in [0.1, 0.15) is 11.5 Å². The molecule has 1 saturated heterocycles. The molecule has 0 radical (unpaired) electrons. The van der Waals surface area contributed by atoms with Crippen LogP contribution >= 0.6 is 0 Å². The third kappa shape index (κ3) is 6.16. The molecule has 0 aliphatic carbocycles. The van der Waals surface area contributed by atoms with Gasteiger partial charge in [0, 0.05) is 56.6 Å². The number of pyridine rings is 1. The highest BCUT2D eigenvalue weighted by molar-refractivity contribution is 7.89. The molecule has 2 aromatic heterocycles. The number of nitro benzene ring substituents is 1. The van der Waals surface area contributed by atoms with Gasteiger partial charge >= 0.3 is 6.18 Å². The highest BCUT2D eigenvalue weighted by atomic mass is 32.2. The largest absolute Gasteiger partial charge is 0.416 e. The summed E-state index contributed by atoms with van der Waals surface area (Å²) in [6, 6.07) is 19.0. The Morgan fingerprint density at radius 1 is 0.844 bits per heavy atom. The maximum absolute atomic E-state index is 13.4. The lowest BCUT2D eigenvalue weighted by atomic mass is 10.0. The Kier molecular flexibility index (Phi) is 7.89. The monoisotopic (exact) mass is 639 g/mol. The molecule has 0 spiro atoms. The SMILES string of the molecule is O=[N+]([O-])c1cccc(-c2nc3ccc(-c4cccc(C(F)(F)F)c4)cn3c2CN2CCN(S(=O)(=O)c3ccc(F)cc3)CC2)c1. The van der Waals surface area contributed by atoms with Crippen LogP contribution in [0.25, 0.3) is 28.0 Å². The van der Waals surface area contributed by atoms with Crippen molar-refractivity contribution in [3.8, 4) is 22.4 Å². The Balaban J connectivity index is 1.35. The number of hydrogen-bond donors (Lipinski definition) is 0. The Bertz CT molecular complexity index is 2010. The third-order valence-electron chi connectivity index (χ3n) is 7.73. The van der Waals surface area contributed by atoms with Crippen molar-refractivity contribution in [2.75, 3.05) is 26.2 Å². The molecular formula is C31H25F4N5O4S. The first-order chi connectivity index (χ1) is 21.4. The van der Waals surface area contributed by atoms with Crippen LogP contribution in [0.5, 0.6) is 0 Å². The van der Waals surface area contributed by atoms with Crippen molar-refractivity contribution < 1.29 is 30.9 Å². The van der Waals surface area contributed by atoms with Crippen LogP contribution in [-0.4, -0.2) is 58.1 Å². The van der Waals surface area contributed by atoms with Crippen molar-refractivity contribution in [2.24, 2.45) is 0 Å². The standard InChI is InChI=1S/C31H25F4N5O4S/c32-25-8-10-27(11-9-25)45(43,44)38-15-13-37(14-16-38)20-28-30(22-4-2-6-26(18-22)40(41)42)36-29-12-7-23(19-39(28)29)21-3-1-5-24(17-21)31(33,34)35/h1-12,17-19H,13-16,20H2. The quantitative estimate of drug-likeness (QED) is 0.119. The molecule has 0 unspecified atom stereocenters. The number of rotatable bonds is 7. The number of non-ortho nitro benzene ring substituents is 1. The number of benzene rings is 3. The number of fused-ring (bicyclic) bond motifs is 1. The number of imidazole rings is 1. The van der Waals surface area contributed by atoms with Crippen LogP contribution in [-0.2, 0) is 22.7 Å².